The first-order valence-corrected chi connectivity index (χ1v) is 9.24. The van der Waals surface area contributed by atoms with Gasteiger partial charge in [0.15, 0.2) is 6.61 Å². The smallest absolute Gasteiger partial charge is 0.340 e. The fraction of sp³-hybridized carbons (Fsp3) is 0.176. The summed E-state index contributed by atoms with van der Waals surface area (Å²) in [5.41, 5.74) is 0.472. The molecule has 2 aromatic carbocycles. The van der Waals surface area contributed by atoms with Crippen LogP contribution in [0, 0.1) is 0 Å². The van der Waals surface area contributed by atoms with Crippen LogP contribution in [0.5, 0.6) is 5.75 Å². The highest BCUT2D eigenvalue weighted by atomic mass is 32.2. The minimum atomic E-state index is -4.00. The number of amides is 1. The van der Waals surface area contributed by atoms with Crippen LogP contribution in [0.25, 0.3) is 0 Å². The van der Waals surface area contributed by atoms with Crippen LogP contribution in [0.2, 0.25) is 0 Å². The summed E-state index contributed by atoms with van der Waals surface area (Å²) in [5, 5.41) is 2.55. The number of nitrogens with one attached hydrogen (secondary N) is 2. The molecule has 9 heteroatoms. The Balaban J connectivity index is 1.92. The highest BCUT2D eigenvalue weighted by Gasteiger charge is 2.23. The lowest BCUT2D eigenvalue weighted by atomic mass is 10.2. The van der Waals surface area contributed by atoms with Crippen molar-refractivity contribution in [2.45, 2.75) is 11.8 Å². The number of esters is 1. The zero-order chi connectivity index (χ0) is 18.7. The first kappa shape index (κ1) is 17.7. The fourth-order valence-electron chi connectivity index (χ4n) is 2.39. The number of benzene rings is 2. The summed E-state index contributed by atoms with van der Waals surface area (Å²) in [6.07, 6.45) is 0. The van der Waals surface area contributed by atoms with Gasteiger partial charge in [0.1, 0.15) is 5.75 Å². The van der Waals surface area contributed by atoms with E-state index in [0.717, 1.165) is 0 Å². The summed E-state index contributed by atoms with van der Waals surface area (Å²) in [6.45, 7) is 1.71. The largest absolute Gasteiger partial charge is 0.482 e. The molecular formula is C17H16N2O6S. The molecule has 136 valence electrons. The Morgan fingerprint density at radius 3 is 2.81 bits per heavy atom. The third-order valence-electron chi connectivity index (χ3n) is 3.56. The van der Waals surface area contributed by atoms with E-state index < -0.39 is 16.0 Å². The molecule has 0 fully saturated rings. The van der Waals surface area contributed by atoms with Crippen molar-refractivity contribution in [3.8, 4) is 5.75 Å². The predicted molar refractivity (Wildman–Crippen MR) is 93.8 cm³/mol. The number of hydrogen-bond donors (Lipinski definition) is 2. The summed E-state index contributed by atoms with van der Waals surface area (Å²) in [5.74, 6) is -0.611. The van der Waals surface area contributed by atoms with Crippen molar-refractivity contribution in [3.63, 3.8) is 0 Å². The molecule has 26 heavy (non-hydrogen) atoms. The van der Waals surface area contributed by atoms with E-state index in [2.05, 4.69) is 10.0 Å². The number of hydrogen-bond acceptors (Lipinski definition) is 6. The molecule has 1 amide bonds. The van der Waals surface area contributed by atoms with Crippen molar-refractivity contribution >= 4 is 33.3 Å². The van der Waals surface area contributed by atoms with Crippen LogP contribution in [-0.4, -0.2) is 33.5 Å². The topological polar surface area (TPSA) is 111 Å². The maximum Gasteiger partial charge on any atom is 0.340 e. The monoisotopic (exact) mass is 376 g/mol. The van der Waals surface area contributed by atoms with Crippen LogP contribution in [0.1, 0.15) is 17.3 Å². The molecule has 0 aromatic heterocycles. The zero-order valence-electron chi connectivity index (χ0n) is 13.8. The molecule has 0 atom stereocenters. The van der Waals surface area contributed by atoms with Crippen molar-refractivity contribution in [1.82, 2.24) is 0 Å². The van der Waals surface area contributed by atoms with Crippen molar-refractivity contribution in [1.29, 1.82) is 0 Å². The first-order valence-electron chi connectivity index (χ1n) is 7.76. The van der Waals surface area contributed by atoms with E-state index >= 15 is 0 Å². The maximum atomic E-state index is 12.7. The number of anilines is 2. The zero-order valence-corrected chi connectivity index (χ0v) is 14.6. The minimum absolute atomic E-state index is 0.0827. The summed E-state index contributed by atoms with van der Waals surface area (Å²) >= 11 is 0. The molecule has 2 N–H and O–H groups in total. The van der Waals surface area contributed by atoms with Crippen LogP contribution >= 0.6 is 0 Å². The molecule has 0 saturated carbocycles. The lowest BCUT2D eigenvalue weighted by molar-refractivity contribution is -0.118. The summed E-state index contributed by atoms with van der Waals surface area (Å²) in [6, 6.07) is 10.2. The van der Waals surface area contributed by atoms with Gasteiger partial charge in [-0.05, 0) is 37.3 Å². The Bertz CT molecular complexity index is 971. The summed E-state index contributed by atoms with van der Waals surface area (Å²) in [7, 11) is -4.00. The van der Waals surface area contributed by atoms with Crippen molar-refractivity contribution < 1.29 is 27.5 Å². The van der Waals surface area contributed by atoms with E-state index in [0.29, 0.717) is 5.75 Å². The van der Waals surface area contributed by atoms with Crippen LogP contribution in [0.15, 0.2) is 47.4 Å². The predicted octanol–water partition coefficient (Wildman–Crippen LogP) is 1.99. The van der Waals surface area contributed by atoms with Gasteiger partial charge in [-0.3, -0.25) is 9.52 Å². The molecule has 8 nitrogen and oxygen atoms in total. The summed E-state index contributed by atoms with van der Waals surface area (Å²) < 4.78 is 37.9. The van der Waals surface area contributed by atoms with Crippen molar-refractivity contribution in [2.75, 3.05) is 23.3 Å². The molecule has 0 saturated heterocycles. The molecule has 0 radical (unpaired) electrons. The molecule has 0 unspecified atom stereocenters. The Morgan fingerprint density at radius 1 is 1.27 bits per heavy atom. The van der Waals surface area contributed by atoms with E-state index in [1.165, 1.54) is 30.3 Å². The number of ether oxygens (including phenoxy) is 2. The quantitative estimate of drug-likeness (QED) is 0.772. The number of fused-ring (bicyclic) bond motifs is 1. The maximum absolute atomic E-state index is 12.7. The van der Waals surface area contributed by atoms with Crippen molar-refractivity contribution in [3.05, 3.63) is 48.0 Å². The van der Waals surface area contributed by atoms with Crippen molar-refractivity contribution in [2.24, 2.45) is 0 Å². The van der Waals surface area contributed by atoms with E-state index in [-0.39, 0.29) is 41.0 Å². The molecule has 1 aliphatic rings. The second-order valence-corrected chi connectivity index (χ2v) is 7.05. The van der Waals surface area contributed by atoms with Gasteiger partial charge in [-0.1, -0.05) is 12.1 Å². The number of para-hydroxylation sites is 1. The standard InChI is InChI=1S/C17H16N2O6S/c1-2-24-17(21)12-5-3-4-6-13(12)19-26(22,23)11-7-8-15-14(9-11)18-16(20)10-25-15/h3-9,19H,2,10H2,1H3,(H,18,20). The molecular weight excluding hydrogens is 360 g/mol. The van der Waals surface area contributed by atoms with Gasteiger partial charge in [0.2, 0.25) is 0 Å². The molecule has 1 heterocycles. The highest BCUT2D eigenvalue weighted by Crippen LogP contribution is 2.31. The van der Waals surface area contributed by atoms with E-state index in [1.807, 2.05) is 0 Å². The Labute approximate surface area is 150 Å². The summed E-state index contributed by atoms with van der Waals surface area (Å²) in [4.78, 5) is 23.3. The third-order valence-corrected chi connectivity index (χ3v) is 4.92. The van der Waals surface area contributed by atoms with Gasteiger partial charge < -0.3 is 14.8 Å². The second-order valence-electron chi connectivity index (χ2n) is 5.37. The molecule has 3 rings (SSSR count). The van der Waals surface area contributed by atoms with Crippen LogP contribution < -0.4 is 14.8 Å². The average Bonchev–Trinajstić information content (AvgIpc) is 2.61. The number of rotatable bonds is 5. The van der Waals surface area contributed by atoms with Crippen LogP contribution in [0.3, 0.4) is 0 Å². The molecule has 2 aromatic rings. The van der Waals surface area contributed by atoms with Gasteiger partial charge in [-0.2, -0.15) is 0 Å². The van der Waals surface area contributed by atoms with Gasteiger partial charge in [-0.15, -0.1) is 0 Å². The lowest BCUT2D eigenvalue weighted by Gasteiger charge is -2.19. The Kier molecular flexibility index (Phi) is 4.81. The van der Waals surface area contributed by atoms with Gasteiger partial charge in [-0.25, -0.2) is 13.2 Å². The average molecular weight is 376 g/mol. The van der Waals surface area contributed by atoms with Gasteiger partial charge >= 0.3 is 5.97 Å². The molecule has 1 aliphatic heterocycles. The Hall–Kier alpha value is -3.07. The normalized spacial score (nSPS) is 13.2. The van der Waals surface area contributed by atoms with E-state index in [4.69, 9.17) is 9.47 Å². The third kappa shape index (κ3) is 3.62. The van der Waals surface area contributed by atoms with E-state index in [1.54, 1.807) is 19.1 Å². The second kappa shape index (κ2) is 7.04. The van der Waals surface area contributed by atoms with Gasteiger partial charge in [0, 0.05) is 0 Å². The minimum Gasteiger partial charge on any atom is -0.482 e. The fourth-order valence-corrected chi connectivity index (χ4v) is 3.50. The Morgan fingerprint density at radius 2 is 2.04 bits per heavy atom. The lowest BCUT2D eigenvalue weighted by Crippen LogP contribution is -2.25. The SMILES string of the molecule is CCOC(=O)c1ccccc1NS(=O)(=O)c1ccc2c(c1)NC(=O)CO2. The number of carbonyl (C=O) groups excluding carboxylic acids is 2. The molecule has 0 spiro atoms. The van der Waals surface area contributed by atoms with Gasteiger partial charge in [0.25, 0.3) is 15.9 Å². The molecule has 0 bridgehead atoms. The molecule has 0 aliphatic carbocycles. The van der Waals surface area contributed by atoms with E-state index in [9.17, 15) is 18.0 Å². The number of sulfonamides is 1. The van der Waals surface area contributed by atoms with Crippen LogP contribution in [-0.2, 0) is 19.6 Å². The number of carbonyl (C=O) groups is 2. The van der Waals surface area contributed by atoms with Crippen LogP contribution in [0.4, 0.5) is 11.4 Å². The van der Waals surface area contributed by atoms with Gasteiger partial charge in [0.05, 0.1) is 28.4 Å². The highest BCUT2D eigenvalue weighted by molar-refractivity contribution is 7.92. The first-order chi connectivity index (χ1) is 12.4.